The van der Waals surface area contributed by atoms with Gasteiger partial charge in [-0.15, -0.1) is 0 Å². The Morgan fingerprint density at radius 3 is 2.21 bits per heavy atom. The van der Waals surface area contributed by atoms with Crippen LogP contribution in [0, 0.1) is 53.3 Å². The molecule has 1 heterocycles. The number of fused-ring (bicyclic) bond motifs is 1. The molecular weight excluding hydrogens is 298 g/mol. The molecule has 7 aliphatic carbocycles. The fourth-order valence-electron chi connectivity index (χ4n) is 7.64. The second-order valence-electron chi connectivity index (χ2n) is 8.39. The Morgan fingerprint density at radius 2 is 1.46 bits per heavy atom. The van der Waals surface area contributed by atoms with Crippen molar-refractivity contribution in [2.75, 3.05) is 4.90 Å². The monoisotopic (exact) mass is 315 g/mol. The first-order valence-corrected chi connectivity index (χ1v) is 9.10. The van der Waals surface area contributed by atoms with Crippen LogP contribution in [0.5, 0.6) is 0 Å². The minimum absolute atomic E-state index is 0.0624. The van der Waals surface area contributed by atoms with Gasteiger partial charge in [-0.25, -0.2) is 0 Å². The first-order chi connectivity index (χ1) is 11.8. The molecule has 3 saturated carbocycles. The van der Waals surface area contributed by atoms with Crippen LogP contribution in [0.2, 0.25) is 0 Å². The van der Waals surface area contributed by atoms with E-state index in [-0.39, 0.29) is 23.7 Å². The molecule has 8 aliphatic rings. The Bertz CT molecular complexity index is 854. The fourth-order valence-corrected chi connectivity index (χ4v) is 7.64. The highest BCUT2D eigenvalue weighted by atomic mass is 16.2. The standard InChI is InChI=1S/C21H17NO2/c23-20-18-16-13-9-6-7-11-12(8-9)15(16)17(14(11)13)19(18)21(24)22(20)10-4-2-1-3-5-10/h1-9,11,13-19H/t9-,11-,13+,14+,15+,16-,17-,18+,19+/m1/s1. The maximum atomic E-state index is 13.2. The molecule has 3 heteroatoms. The molecule has 24 heavy (non-hydrogen) atoms. The first-order valence-electron chi connectivity index (χ1n) is 9.10. The van der Waals surface area contributed by atoms with Crippen molar-refractivity contribution in [1.82, 2.24) is 0 Å². The molecule has 4 fully saturated rings. The lowest BCUT2D eigenvalue weighted by molar-refractivity contribution is -0.124. The molecule has 1 aromatic carbocycles. The highest BCUT2D eigenvalue weighted by Gasteiger charge is 2.78. The second-order valence-corrected chi connectivity index (χ2v) is 8.39. The Balaban J connectivity index is 1.38. The van der Waals surface area contributed by atoms with E-state index < -0.39 is 0 Å². The van der Waals surface area contributed by atoms with Gasteiger partial charge in [0.25, 0.3) is 0 Å². The summed E-state index contributed by atoms with van der Waals surface area (Å²) in [5.74, 6) is 3.71. The van der Waals surface area contributed by atoms with E-state index in [0.717, 1.165) is 5.69 Å². The number of benzene rings is 1. The molecule has 9 atom stereocenters. The molecule has 0 spiro atoms. The molecule has 1 aromatic rings. The number of carbonyl (C=O) groups is 2. The third-order valence-electron chi connectivity index (χ3n) is 7.96. The van der Waals surface area contributed by atoms with Gasteiger partial charge in [-0.05, 0) is 47.6 Å². The minimum Gasteiger partial charge on any atom is -0.274 e. The molecule has 1 saturated heterocycles. The predicted molar refractivity (Wildman–Crippen MR) is 87.6 cm³/mol. The predicted octanol–water partition coefficient (Wildman–Crippen LogP) is 2.66. The van der Waals surface area contributed by atoms with Crippen LogP contribution in [0.25, 0.3) is 0 Å². The number of allylic oxidation sites excluding steroid dienone is 4. The normalized spacial score (nSPS) is 51.1. The maximum Gasteiger partial charge on any atom is 0.238 e. The Hall–Kier alpha value is -2.16. The van der Waals surface area contributed by atoms with E-state index in [1.54, 1.807) is 5.57 Å². The number of imide groups is 1. The average Bonchev–Trinajstić information content (AvgIpc) is 3.29. The minimum atomic E-state index is -0.0624. The topological polar surface area (TPSA) is 37.4 Å². The summed E-state index contributed by atoms with van der Waals surface area (Å²) in [5, 5.41) is 0. The number of carbonyl (C=O) groups excluding carboxylic acids is 2. The van der Waals surface area contributed by atoms with Crippen molar-refractivity contribution in [3.8, 4) is 0 Å². The summed E-state index contributed by atoms with van der Waals surface area (Å²) in [6, 6.07) is 9.49. The van der Waals surface area contributed by atoms with Crippen LogP contribution in [0.3, 0.4) is 0 Å². The van der Waals surface area contributed by atoms with Gasteiger partial charge >= 0.3 is 0 Å². The molecule has 1 aliphatic heterocycles. The maximum absolute atomic E-state index is 13.2. The lowest BCUT2D eigenvalue weighted by Gasteiger charge is -2.50. The summed E-state index contributed by atoms with van der Waals surface area (Å²) in [7, 11) is 0. The molecule has 9 rings (SSSR count). The van der Waals surface area contributed by atoms with Crippen molar-refractivity contribution < 1.29 is 9.59 Å². The Labute approximate surface area is 140 Å². The lowest BCUT2D eigenvalue weighted by atomic mass is 9.53. The van der Waals surface area contributed by atoms with Crippen molar-refractivity contribution in [2.24, 2.45) is 53.3 Å². The van der Waals surface area contributed by atoms with Gasteiger partial charge < -0.3 is 0 Å². The van der Waals surface area contributed by atoms with Gasteiger partial charge in [0.1, 0.15) is 0 Å². The van der Waals surface area contributed by atoms with Crippen LogP contribution in [0.15, 0.2) is 54.1 Å². The van der Waals surface area contributed by atoms with E-state index in [1.807, 2.05) is 30.3 Å². The third-order valence-corrected chi connectivity index (χ3v) is 7.96. The number of para-hydroxylation sites is 1. The van der Waals surface area contributed by atoms with Gasteiger partial charge in [-0.2, -0.15) is 0 Å². The Morgan fingerprint density at radius 1 is 0.750 bits per heavy atom. The van der Waals surface area contributed by atoms with Crippen molar-refractivity contribution in [3.63, 3.8) is 0 Å². The zero-order valence-corrected chi connectivity index (χ0v) is 13.1. The van der Waals surface area contributed by atoms with Crippen molar-refractivity contribution >= 4 is 17.5 Å². The van der Waals surface area contributed by atoms with Crippen LogP contribution in [0.4, 0.5) is 5.69 Å². The molecule has 3 nitrogen and oxygen atoms in total. The van der Waals surface area contributed by atoms with Crippen molar-refractivity contribution in [3.05, 3.63) is 54.1 Å². The van der Waals surface area contributed by atoms with Gasteiger partial charge in [0, 0.05) is 5.92 Å². The SMILES string of the molecule is O=C1[C@@H]2[C@@H](C(=O)N1c1ccccc1)[C@H]1[C@H]3C4=C[C@H]5C=C[C@H]4[C@H]1[C@H]5[C@@H]23. The molecule has 118 valence electrons. The summed E-state index contributed by atoms with van der Waals surface area (Å²) < 4.78 is 0. The largest absolute Gasteiger partial charge is 0.274 e. The van der Waals surface area contributed by atoms with Crippen LogP contribution in [0.1, 0.15) is 0 Å². The zero-order valence-electron chi connectivity index (χ0n) is 13.1. The average molecular weight is 315 g/mol. The van der Waals surface area contributed by atoms with Gasteiger partial charge in [0.2, 0.25) is 11.8 Å². The molecule has 8 bridgehead atoms. The molecular formula is C21H17NO2. The highest BCUT2D eigenvalue weighted by molar-refractivity contribution is 6.22. The second kappa shape index (κ2) is 3.58. The van der Waals surface area contributed by atoms with Gasteiger partial charge in [-0.3, -0.25) is 14.5 Å². The number of rotatable bonds is 1. The van der Waals surface area contributed by atoms with E-state index in [0.29, 0.717) is 41.4 Å². The van der Waals surface area contributed by atoms with Crippen LogP contribution < -0.4 is 4.90 Å². The lowest BCUT2D eigenvalue weighted by Crippen LogP contribution is -2.47. The molecule has 0 unspecified atom stereocenters. The quantitative estimate of drug-likeness (QED) is 0.590. The van der Waals surface area contributed by atoms with Crippen LogP contribution in [-0.4, -0.2) is 11.8 Å². The van der Waals surface area contributed by atoms with E-state index in [1.165, 1.54) is 4.90 Å². The van der Waals surface area contributed by atoms with E-state index in [2.05, 4.69) is 18.2 Å². The van der Waals surface area contributed by atoms with E-state index in [9.17, 15) is 9.59 Å². The third kappa shape index (κ3) is 1.03. The van der Waals surface area contributed by atoms with Crippen LogP contribution in [-0.2, 0) is 9.59 Å². The summed E-state index contributed by atoms with van der Waals surface area (Å²) in [4.78, 5) is 27.9. The molecule has 0 N–H and O–H groups in total. The highest BCUT2D eigenvalue weighted by Crippen LogP contribution is 2.78. The smallest absolute Gasteiger partial charge is 0.238 e. The van der Waals surface area contributed by atoms with Gasteiger partial charge in [0.05, 0.1) is 17.5 Å². The van der Waals surface area contributed by atoms with E-state index in [4.69, 9.17) is 0 Å². The number of hydrogen-bond donors (Lipinski definition) is 0. The summed E-state index contributed by atoms with van der Waals surface area (Å²) >= 11 is 0. The number of nitrogens with zero attached hydrogens (tertiary/aromatic N) is 1. The molecule has 2 amide bonds. The summed E-state index contributed by atoms with van der Waals surface area (Å²) in [6.45, 7) is 0. The van der Waals surface area contributed by atoms with Crippen molar-refractivity contribution in [2.45, 2.75) is 0 Å². The zero-order chi connectivity index (χ0) is 15.7. The first kappa shape index (κ1) is 12.2. The van der Waals surface area contributed by atoms with Gasteiger partial charge in [0.15, 0.2) is 0 Å². The van der Waals surface area contributed by atoms with Crippen LogP contribution >= 0.6 is 0 Å². The van der Waals surface area contributed by atoms with E-state index >= 15 is 0 Å². The number of hydrogen-bond acceptors (Lipinski definition) is 2. The summed E-state index contributed by atoms with van der Waals surface area (Å²) in [5.41, 5.74) is 2.32. The summed E-state index contributed by atoms with van der Waals surface area (Å²) in [6.07, 6.45) is 7.22. The molecule has 0 aromatic heterocycles. The number of anilines is 1. The van der Waals surface area contributed by atoms with Crippen molar-refractivity contribution in [1.29, 1.82) is 0 Å². The number of amides is 2. The molecule has 0 radical (unpaired) electrons. The van der Waals surface area contributed by atoms with Gasteiger partial charge in [-0.1, -0.05) is 42.0 Å². The Kier molecular flexibility index (Phi) is 1.83. The fraction of sp³-hybridized carbons (Fsp3) is 0.429.